The summed E-state index contributed by atoms with van der Waals surface area (Å²) in [6.45, 7) is 1.30. The molecule has 3 heterocycles. The molecule has 1 N–H and O–H groups in total. The molecule has 142 valence electrons. The highest BCUT2D eigenvalue weighted by molar-refractivity contribution is 5.82. The van der Waals surface area contributed by atoms with E-state index in [-0.39, 0.29) is 6.23 Å². The van der Waals surface area contributed by atoms with Crippen molar-refractivity contribution in [3.63, 3.8) is 0 Å². The van der Waals surface area contributed by atoms with Crippen molar-refractivity contribution < 1.29 is 14.2 Å². The Labute approximate surface area is 157 Å². The van der Waals surface area contributed by atoms with Crippen LogP contribution in [0, 0.1) is 0 Å². The van der Waals surface area contributed by atoms with Gasteiger partial charge in [-0.3, -0.25) is 4.57 Å². The summed E-state index contributed by atoms with van der Waals surface area (Å²) >= 11 is 0. The molecule has 8 nitrogen and oxygen atoms in total. The van der Waals surface area contributed by atoms with Crippen LogP contribution in [0.15, 0.2) is 30.9 Å². The third-order valence-electron chi connectivity index (χ3n) is 4.76. The smallest absolute Gasteiger partial charge is 0.167 e. The van der Waals surface area contributed by atoms with Crippen molar-refractivity contribution in [3.8, 4) is 11.5 Å². The maximum atomic E-state index is 5.87. The van der Waals surface area contributed by atoms with Gasteiger partial charge in [-0.2, -0.15) is 0 Å². The maximum absolute atomic E-state index is 5.87. The zero-order chi connectivity index (χ0) is 18.6. The minimum Gasteiger partial charge on any atom is -0.493 e. The van der Waals surface area contributed by atoms with Crippen molar-refractivity contribution >= 4 is 17.0 Å². The monoisotopic (exact) mass is 369 g/mol. The van der Waals surface area contributed by atoms with Gasteiger partial charge in [0.25, 0.3) is 0 Å². The van der Waals surface area contributed by atoms with Crippen LogP contribution in [0.4, 0.5) is 5.82 Å². The zero-order valence-corrected chi connectivity index (χ0v) is 15.5. The minimum absolute atomic E-state index is 0.00928. The van der Waals surface area contributed by atoms with E-state index in [9.17, 15) is 0 Å². The number of anilines is 1. The van der Waals surface area contributed by atoms with Crippen LogP contribution in [0.1, 0.15) is 31.1 Å². The number of benzene rings is 1. The highest BCUT2D eigenvalue weighted by Gasteiger charge is 2.20. The Morgan fingerprint density at radius 3 is 2.89 bits per heavy atom. The molecule has 1 atom stereocenters. The van der Waals surface area contributed by atoms with Crippen LogP contribution in [-0.2, 0) is 11.3 Å². The van der Waals surface area contributed by atoms with Crippen molar-refractivity contribution in [2.45, 2.75) is 32.0 Å². The molecule has 0 saturated carbocycles. The summed E-state index contributed by atoms with van der Waals surface area (Å²) in [6, 6.07) is 5.79. The number of rotatable bonds is 6. The first-order valence-corrected chi connectivity index (χ1v) is 9.04. The lowest BCUT2D eigenvalue weighted by atomic mass is 10.2. The second kappa shape index (κ2) is 7.79. The molecule has 4 rings (SSSR count). The van der Waals surface area contributed by atoms with E-state index in [1.807, 2.05) is 22.8 Å². The number of ether oxygens (including phenoxy) is 3. The lowest BCUT2D eigenvalue weighted by Gasteiger charge is -2.23. The molecule has 1 fully saturated rings. The third-order valence-corrected chi connectivity index (χ3v) is 4.76. The molecule has 0 radical (unpaired) electrons. The summed E-state index contributed by atoms with van der Waals surface area (Å²) in [7, 11) is 3.26. The quantitative estimate of drug-likeness (QED) is 0.714. The van der Waals surface area contributed by atoms with Crippen molar-refractivity contribution in [1.29, 1.82) is 0 Å². The molecule has 2 aromatic heterocycles. The number of fused-ring (bicyclic) bond motifs is 1. The molecule has 3 aromatic rings. The molecule has 1 saturated heterocycles. The first kappa shape index (κ1) is 17.5. The summed E-state index contributed by atoms with van der Waals surface area (Å²) in [6.07, 6.45) is 6.55. The van der Waals surface area contributed by atoms with Gasteiger partial charge in [-0.1, -0.05) is 12.1 Å². The van der Waals surface area contributed by atoms with Gasteiger partial charge in [0.1, 0.15) is 12.6 Å². The van der Waals surface area contributed by atoms with Crippen LogP contribution in [0.3, 0.4) is 0 Å². The highest BCUT2D eigenvalue weighted by atomic mass is 16.5. The normalized spacial score (nSPS) is 17.0. The number of aromatic nitrogens is 4. The number of nitrogens with one attached hydrogen (secondary N) is 1. The predicted molar refractivity (Wildman–Crippen MR) is 101 cm³/mol. The standard InChI is InChI=1S/C19H23N5O3/c1-25-14-7-5-6-13(17(14)26-2)10-20-18-16-19(22-11-21-18)24(12-23-16)15-8-3-4-9-27-15/h5-7,11-12,15H,3-4,8-10H2,1-2H3,(H,20,21,22). The minimum atomic E-state index is -0.00928. The largest absolute Gasteiger partial charge is 0.493 e. The molecular formula is C19H23N5O3. The maximum Gasteiger partial charge on any atom is 0.167 e. The SMILES string of the molecule is COc1cccc(CNc2ncnc3c2ncn3C2CCCCO2)c1OC. The second-order valence-electron chi connectivity index (χ2n) is 6.37. The van der Waals surface area contributed by atoms with Crippen molar-refractivity contribution in [3.05, 3.63) is 36.4 Å². The fraction of sp³-hybridized carbons (Fsp3) is 0.421. The van der Waals surface area contributed by atoms with Crippen molar-refractivity contribution in [2.75, 3.05) is 26.1 Å². The van der Waals surface area contributed by atoms with Crippen LogP contribution in [-0.4, -0.2) is 40.3 Å². The van der Waals surface area contributed by atoms with Gasteiger partial charge in [0.2, 0.25) is 0 Å². The Morgan fingerprint density at radius 1 is 1.19 bits per heavy atom. The average molecular weight is 369 g/mol. The molecule has 1 unspecified atom stereocenters. The molecule has 27 heavy (non-hydrogen) atoms. The van der Waals surface area contributed by atoms with E-state index in [0.29, 0.717) is 23.9 Å². The lowest BCUT2D eigenvalue weighted by Crippen LogP contribution is -2.17. The fourth-order valence-corrected chi connectivity index (χ4v) is 3.41. The Kier molecular flexibility index (Phi) is 5.06. The van der Waals surface area contributed by atoms with Crippen molar-refractivity contribution in [2.24, 2.45) is 0 Å². The summed E-state index contributed by atoms with van der Waals surface area (Å²) in [5, 5.41) is 3.34. The highest BCUT2D eigenvalue weighted by Crippen LogP contribution is 2.32. The van der Waals surface area contributed by atoms with Crippen LogP contribution in [0.2, 0.25) is 0 Å². The van der Waals surface area contributed by atoms with E-state index >= 15 is 0 Å². The lowest BCUT2D eigenvalue weighted by molar-refractivity contribution is -0.0298. The number of hydrogen-bond acceptors (Lipinski definition) is 7. The summed E-state index contributed by atoms with van der Waals surface area (Å²) in [4.78, 5) is 13.3. The fourth-order valence-electron chi connectivity index (χ4n) is 3.41. The molecule has 0 aliphatic carbocycles. The number of nitrogens with zero attached hydrogens (tertiary/aromatic N) is 4. The summed E-state index contributed by atoms with van der Waals surface area (Å²) in [5.74, 6) is 2.08. The summed E-state index contributed by atoms with van der Waals surface area (Å²) < 4.78 is 18.7. The molecule has 1 aliphatic rings. The van der Waals surface area contributed by atoms with Gasteiger partial charge in [-0.25, -0.2) is 15.0 Å². The molecule has 0 bridgehead atoms. The second-order valence-corrected chi connectivity index (χ2v) is 6.37. The Hall–Kier alpha value is -2.87. The van der Waals surface area contributed by atoms with Gasteiger partial charge in [-0.15, -0.1) is 0 Å². The molecular weight excluding hydrogens is 346 g/mol. The number of methoxy groups -OCH3 is 2. The Bertz CT molecular complexity index is 921. The van der Waals surface area contributed by atoms with E-state index < -0.39 is 0 Å². The zero-order valence-electron chi connectivity index (χ0n) is 15.5. The average Bonchev–Trinajstić information content (AvgIpc) is 3.17. The number of imidazole rings is 1. The molecule has 0 amide bonds. The number of para-hydroxylation sites is 1. The summed E-state index contributed by atoms with van der Waals surface area (Å²) in [5.41, 5.74) is 2.48. The van der Waals surface area contributed by atoms with Crippen LogP contribution in [0.5, 0.6) is 11.5 Å². The van der Waals surface area contributed by atoms with E-state index in [1.165, 1.54) is 0 Å². The van der Waals surface area contributed by atoms with Gasteiger partial charge < -0.3 is 19.5 Å². The van der Waals surface area contributed by atoms with Gasteiger partial charge in [0.05, 0.1) is 20.5 Å². The molecule has 1 aliphatic heterocycles. The Morgan fingerprint density at radius 2 is 2.11 bits per heavy atom. The first-order valence-electron chi connectivity index (χ1n) is 9.04. The molecule has 1 aromatic carbocycles. The van der Waals surface area contributed by atoms with Gasteiger partial charge in [0, 0.05) is 18.7 Å². The third kappa shape index (κ3) is 3.40. The van der Waals surface area contributed by atoms with Crippen LogP contribution in [0.25, 0.3) is 11.2 Å². The van der Waals surface area contributed by atoms with E-state index in [2.05, 4.69) is 20.3 Å². The number of hydrogen-bond donors (Lipinski definition) is 1. The topological polar surface area (TPSA) is 83.3 Å². The van der Waals surface area contributed by atoms with Crippen molar-refractivity contribution in [1.82, 2.24) is 19.5 Å². The van der Waals surface area contributed by atoms with Gasteiger partial charge in [0.15, 0.2) is 28.5 Å². The molecule has 8 heteroatoms. The van der Waals surface area contributed by atoms with Crippen LogP contribution < -0.4 is 14.8 Å². The van der Waals surface area contributed by atoms with E-state index in [0.717, 1.165) is 42.6 Å². The van der Waals surface area contributed by atoms with Gasteiger partial charge >= 0.3 is 0 Å². The predicted octanol–water partition coefficient (Wildman–Crippen LogP) is 3.15. The van der Waals surface area contributed by atoms with Crippen LogP contribution >= 0.6 is 0 Å². The van der Waals surface area contributed by atoms with E-state index in [4.69, 9.17) is 14.2 Å². The molecule has 0 spiro atoms. The van der Waals surface area contributed by atoms with E-state index in [1.54, 1.807) is 26.9 Å². The van der Waals surface area contributed by atoms with Gasteiger partial charge in [-0.05, 0) is 25.3 Å². The first-order chi connectivity index (χ1) is 13.3. The Balaban J connectivity index is 1.59.